The van der Waals surface area contributed by atoms with Crippen LogP contribution in [-0.2, 0) is 11.3 Å². The number of benzene rings is 1. The molecule has 1 aromatic carbocycles. The lowest BCUT2D eigenvalue weighted by atomic mass is 9.87. The third-order valence-corrected chi connectivity index (χ3v) is 5.93. The summed E-state index contributed by atoms with van der Waals surface area (Å²) in [5.74, 6) is 0.219. The van der Waals surface area contributed by atoms with Gasteiger partial charge in [0.1, 0.15) is 11.1 Å². The van der Waals surface area contributed by atoms with Crippen LogP contribution in [0.1, 0.15) is 50.7 Å². The Hall–Kier alpha value is -2.87. The number of nitrogens with one attached hydrogen (secondary N) is 2. The fourth-order valence-electron chi connectivity index (χ4n) is 4.23. The predicted octanol–water partition coefficient (Wildman–Crippen LogP) is 4.55. The summed E-state index contributed by atoms with van der Waals surface area (Å²) in [6.07, 6.45) is 3.42. The van der Waals surface area contributed by atoms with Crippen LogP contribution in [0.4, 0.5) is 4.79 Å². The highest BCUT2D eigenvalue weighted by atomic mass is 32.1. The summed E-state index contributed by atoms with van der Waals surface area (Å²) < 4.78 is 7.92. The minimum atomic E-state index is -0.509. The molecule has 1 saturated heterocycles. The molecule has 7 nitrogen and oxygen atoms in total. The van der Waals surface area contributed by atoms with Crippen LogP contribution in [-0.4, -0.2) is 44.2 Å². The van der Waals surface area contributed by atoms with E-state index in [1.807, 2.05) is 48.4 Å². The number of hydrogen-bond donors (Lipinski definition) is 2. The Morgan fingerprint density at radius 3 is 2.81 bits per heavy atom. The van der Waals surface area contributed by atoms with Crippen molar-refractivity contribution in [2.24, 2.45) is 0 Å². The van der Waals surface area contributed by atoms with Gasteiger partial charge in [0.15, 0.2) is 4.77 Å². The van der Waals surface area contributed by atoms with Gasteiger partial charge in [-0.1, -0.05) is 24.3 Å². The van der Waals surface area contributed by atoms with Crippen molar-refractivity contribution < 1.29 is 9.53 Å². The van der Waals surface area contributed by atoms with Gasteiger partial charge < -0.3 is 19.2 Å². The van der Waals surface area contributed by atoms with E-state index in [4.69, 9.17) is 17.0 Å². The van der Waals surface area contributed by atoms with Crippen molar-refractivity contribution >= 4 is 29.3 Å². The Balaban J connectivity index is 1.63. The topological polar surface area (TPSA) is 83.1 Å². The summed E-state index contributed by atoms with van der Waals surface area (Å²) >= 11 is 5.46. The second kappa shape index (κ2) is 8.34. The van der Waals surface area contributed by atoms with Crippen molar-refractivity contribution in [2.75, 3.05) is 13.1 Å². The van der Waals surface area contributed by atoms with Gasteiger partial charge >= 0.3 is 6.09 Å². The number of nitrogens with zero attached hydrogens (tertiary/aromatic N) is 2. The zero-order valence-corrected chi connectivity index (χ0v) is 18.9. The lowest BCUT2D eigenvalue weighted by Gasteiger charge is -2.35. The number of carbonyl (C=O) groups excluding carboxylic acids is 1. The molecular formula is C23H28N4O3S. The first-order chi connectivity index (χ1) is 14.7. The molecule has 31 heavy (non-hydrogen) atoms. The quantitative estimate of drug-likeness (QED) is 0.585. The number of aromatic nitrogens is 3. The van der Waals surface area contributed by atoms with Crippen LogP contribution >= 0.6 is 12.2 Å². The highest BCUT2D eigenvalue weighted by Crippen LogP contribution is 2.31. The Bertz CT molecular complexity index is 1220. The van der Waals surface area contributed by atoms with Gasteiger partial charge in [-0.15, -0.1) is 0 Å². The minimum absolute atomic E-state index is 0.213. The van der Waals surface area contributed by atoms with Gasteiger partial charge in [0.2, 0.25) is 0 Å². The number of amides is 1. The van der Waals surface area contributed by atoms with Crippen LogP contribution in [0.25, 0.3) is 11.0 Å². The van der Waals surface area contributed by atoms with Crippen LogP contribution in [0.2, 0.25) is 0 Å². The average molecular weight is 441 g/mol. The lowest BCUT2D eigenvalue weighted by molar-refractivity contribution is 0.0198. The van der Waals surface area contributed by atoms with Crippen molar-refractivity contribution in [2.45, 2.75) is 51.7 Å². The maximum atomic E-state index is 12.6. The molecular weight excluding hydrogens is 412 g/mol. The molecule has 3 heterocycles. The first-order valence-electron chi connectivity index (χ1n) is 10.6. The second-order valence-electron chi connectivity index (χ2n) is 9.05. The monoisotopic (exact) mass is 440 g/mol. The molecule has 8 heteroatoms. The number of aromatic amines is 2. The van der Waals surface area contributed by atoms with E-state index in [0.29, 0.717) is 29.9 Å². The number of piperidine rings is 1. The molecule has 1 unspecified atom stereocenters. The fraction of sp³-hybridized carbons (Fsp3) is 0.435. The van der Waals surface area contributed by atoms with Crippen molar-refractivity contribution in [3.63, 3.8) is 0 Å². The molecule has 2 N–H and O–H groups in total. The first kappa shape index (κ1) is 21.4. The number of likely N-dealkylation sites (tertiary alicyclic amines) is 1. The van der Waals surface area contributed by atoms with Gasteiger partial charge in [0, 0.05) is 25.2 Å². The van der Waals surface area contributed by atoms with E-state index in [1.54, 1.807) is 6.20 Å². The second-order valence-corrected chi connectivity index (χ2v) is 9.43. The molecule has 0 bridgehead atoms. The Morgan fingerprint density at radius 2 is 2.03 bits per heavy atom. The molecule has 1 amide bonds. The number of rotatable bonds is 3. The molecule has 1 fully saturated rings. The maximum Gasteiger partial charge on any atom is 0.410 e. The summed E-state index contributed by atoms with van der Waals surface area (Å²) in [5.41, 5.74) is 2.90. The Kier molecular flexibility index (Phi) is 5.75. The summed E-state index contributed by atoms with van der Waals surface area (Å²) in [7, 11) is 0. The molecule has 2 aromatic heterocycles. The van der Waals surface area contributed by atoms with E-state index < -0.39 is 5.60 Å². The number of carbonyl (C=O) groups is 1. The van der Waals surface area contributed by atoms with Gasteiger partial charge in [-0.25, -0.2) is 4.79 Å². The van der Waals surface area contributed by atoms with E-state index in [9.17, 15) is 9.59 Å². The highest BCUT2D eigenvalue weighted by Gasteiger charge is 2.29. The van der Waals surface area contributed by atoms with Crippen molar-refractivity contribution in [1.29, 1.82) is 0 Å². The normalized spacial score (nSPS) is 17.1. The van der Waals surface area contributed by atoms with E-state index >= 15 is 0 Å². The summed E-state index contributed by atoms with van der Waals surface area (Å²) in [4.78, 5) is 32.3. The van der Waals surface area contributed by atoms with Crippen LogP contribution in [0.3, 0.4) is 0 Å². The standard InChI is InChI=1S/C23H28N4O3S/c1-23(2,3)30-22(29)26-12-6-8-15(13-26)17-9-5-4-7-16(17)14-27-18-10-11-24-19(18)20(28)25-21(27)31/h4-5,7,9-11,15,24H,6,8,12-14H2,1-3H3,(H,25,28,31). The third kappa shape index (κ3) is 4.58. The molecule has 1 atom stereocenters. The van der Waals surface area contributed by atoms with Crippen LogP contribution < -0.4 is 5.56 Å². The first-order valence-corrected chi connectivity index (χ1v) is 11.0. The van der Waals surface area contributed by atoms with Gasteiger partial charge in [0.05, 0.1) is 12.1 Å². The van der Waals surface area contributed by atoms with Crippen molar-refractivity contribution in [3.8, 4) is 0 Å². The molecule has 1 aliphatic heterocycles. The zero-order chi connectivity index (χ0) is 22.2. The molecule has 1 aliphatic rings. The van der Waals surface area contributed by atoms with E-state index in [0.717, 1.165) is 23.9 Å². The molecule has 4 rings (SSSR count). The molecule has 0 saturated carbocycles. The van der Waals surface area contributed by atoms with Crippen molar-refractivity contribution in [1.82, 2.24) is 19.4 Å². The molecule has 3 aromatic rings. The van der Waals surface area contributed by atoms with Gasteiger partial charge in [-0.2, -0.15) is 0 Å². The fourth-order valence-corrected chi connectivity index (χ4v) is 4.49. The average Bonchev–Trinajstić information content (AvgIpc) is 3.21. The van der Waals surface area contributed by atoms with Gasteiger partial charge in [0.25, 0.3) is 5.56 Å². The number of hydrogen-bond acceptors (Lipinski definition) is 4. The minimum Gasteiger partial charge on any atom is -0.444 e. The van der Waals surface area contributed by atoms with Crippen molar-refractivity contribution in [3.05, 3.63) is 62.8 Å². The SMILES string of the molecule is CC(C)(C)OC(=O)N1CCCC(c2ccccc2Cn2c(=S)[nH]c(=O)c3[nH]ccc32)C1. The zero-order valence-electron chi connectivity index (χ0n) is 18.1. The van der Waals surface area contributed by atoms with E-state index in [1.165, 1.54) is 5.56 Å². The number of fused-ring (bicyclic) bond motifs is 1. The smallest absolute Gasteiger partial charge is 0.410 e. The Labute approximate surface area is 186 Å². The predicted molar refractivity (Wildman–Crippen MR) is 123 cm³/mol. The lowest BCUT2D eigenvalue weighted by Crippen LogP contribution is -2.42. The molecule has 164 valence electrons. The number of ether oxygens (including phenoxy) is 1. The molecule has 0 spiro atoms. The molecule has 0 aliphatic carbocycles. The van der Waals surface area contributed by atoms with Crippen LogP contribution in [0, 0.1) is 4.77 Å². The van der Waals surface area contributed by atoms with E-state index in [-0.39, 0.29) is 17.6 Å². The Morgan fingerprint density at radius 1 is 1.26 bits per heavy atom. The third-order valence-electron chi connectivity index (χ3n) is 5.60. The summed E-state index contributed by atoms with van der Waals surface area (Å²) in [6.45, 7) is 7.54. The van der Waals surface area contributed by atoms with Crippen LogP contribution in [0.5, 0.6) is 0 Å². The highest BCUT2D eigenvalue weighted by molar-refractivity contribution is 7.71. The summed E-state index contributed by atoms with van der Waals surface area (Å²) in [5, 5.41) is 0. The van der Waals surface area contributed by atoms with Gasteiger partial charge in [-0.3, -0.25) is 9.78 Å². The van der Waals surface area contributed by atoms with Crippen LogP contribution in [0.15, 0.2) is 41.3 Å². The summed E-state index contributed by atoms with van der Waals surface area (Å²) in [6, 6.07) is 10.1. The largest absolute Gasteiger partial charge is 0.444 e. The maximum absolute atomic E-state index is 12.6. The van der Waals surface area contributed by atoms with E-state index in [2.05, 4.69) is 22.1 Å². The molecule has 0 radical (unpaired) electrons. The number of H-pyrrole nitrogens is 2. The van der Waals surface area contributed by atoms with Gasteiger partial charge in [-0.05, 0) is 63.0 Å².